The van der Waals surface area contributed by atoms with Crippen LogP contribution in [-0.4, -0.2) is 12.1 Å². The number of carbonyl (C=O) groups is 1. The maximum atomic E-state index is 11.9. The molecule has 0 aromatic heterocycles. The summed E-state index contributed by atoms with van der Waals surface area (Å²) < 4.78 is 36.4. The summed E-state index contributed by atoms with van der Waals surface area (Å²) in [4.78, 5) is 11.0. The van der Waals surface area contributed by atoms with Crippen LogP contribution in [0.1, 0.15) is 12.0 Å². The number of rotatable bonds is 2. The highest BCUT2D eigenvalue weighted by molar-refractivity contribution is 9.10. The van der Waals surface area contributed by atoms with Gasteiger partial charge in [-0.15, -0.1) is 0 Å². The van der Waals surface area contributed by atoms with E-state index in [9.17, 15) is 18.0 Å². The third-order valence-electron chi connectivity index (χ3n) is 1.69. The number of halogens is 4. The molecule has 1 rings (SSSR count). The van der Waals surface area contributed by atoms with E-state index in [1.54, 1.807) is 25.1 Å². The summed E-state index contributed by atoms with van der Waals surface area (Å²) in [6.07, 6.45) is -5.95. The van der Waals surface area contributed by atoms with Crippen molar-refractivity contribution in [2.75, 3.05) is 5.32 Å². The Bertz CT molecular complexity index is 383. The zero-order valence-electron chi connectivity index (χ0n) is 8.36. The Balaban J connectivity index is 2.70. The van der Waals surface area contributed by atoms with Gasteiger partial charge in [-0.25, -0.2) is 0 Å². The summed E-state index contributed by atoms with van der Waals surface area (Å²) in [5, 5.41) is 2.19. The van der Waals surface area contributed by atoms with Gasteiger partial charge in [-0.3, -0.25) is 4.79 Å². The number of anilines is 1. The number of amides is 1. The van der Waals surface area contributed by atoms with Gasteiger partial charge < -0.3 is 5.32 Å². The third-order valence-corrected chi connectivity index (χ3v) is 2.14. The fraction of sp³-hybridized carbons (Fsp3) is 0.300. The maximum absolute atomic E-state index is 11.9. The largest absolute Gasteiger partial charge is 0.397 e. The fourth-order valence-corrected chi connectivity index (χ4v) is 1.80. The maximum Gasteiger partial charge on any atom is 0.397 e. The van der Waals surface area contributed by atoms with E-state index in [-0.39, 0.29) is 0 Å². The summed E-state index contributed by atoms with van der Waals surface area (Å²) >= 11 is 3.19. The van der Waals surface area contributed by atoms with Crippen LogP contribution in [0, 0.1) is 6.92 Å². The highest BCUT2D eigenvalue weighted by Gasteiger charge is 2.31. The first-order valence-electron chi connectivity index (χ1n) is 4.40. The molecule has 0 saturated heterocycles. The van der Waals surface area contributed by atoms with Gasteiger partial charge >= 0.3 is 6.18 Å². The van der Waals surface area contributed by atoms with E-state index < -0.39 is 18.5 Å². The van der Waals surface area contributed by atoms with Crippen LogP contribution in [-0.2, 0) is 4.79 Å². The molecule has 0 atom stereocenters. The number of aryl methyl sites for hydroxylation is 1. The highest BCUT2D eigenvalue weighted by Crippen LogP contribution is 2.22. The first kappa shape index (κ1) is 13.0. The zero-order chi connectivity index (χ0) is 12.3. The van der Waals surface area contributed by atoms with E-state index in [2.05, 4.69) is 21.2 Å². The molecule has 1 amide bonds. The summed E-state index contributed by atoms with van der Waals surface area (Å²) in [7, 11) is 0. The lowest BCUT2D eigenvalue weighted by molar-refractivity contribution is -0.150. The van der Waals surface area contributed by atoms with E-state index in [0.29, 0.717) is 10.2 Å². The second kappa shape index (κ2) is 4.86. The van der Waals surface area contributed by atoms with Crippen molar-refractivity contribution < 1.29 is 18.0 Å². The molecule has 6 heteroatoms. The molecule has 0 saturated carbocycles. The van der Waals surface area contributed by atoms with Gasteiger partial charge in [0.15, 0.2) is 0 Å². The summed E-state index contributed by atoms with van der Waals surface area (Å²) in [5.41, 5.74) is 1.19. The number of carbonyl (C=O) groups excluding carboxylic acids is 1. The predicted molar refractivity (Wildman–Crippen MR) is 58.2 cm³/mol. The van der Waals surface area contributed by atoms with Gasteiger partial charge in [0, 0.05) is 10.2 Å². The Hall–Kier alpha value is -1.04. The van der Waals surface area contributed by atoms with Gasteiger partial charge in [0.1, 0.15) is 6.42 Å². The molecule has 88 valence electrons. The SMILES string of the molecule is Cc1cc(Br)cc(NC(=O)CC(F)(F)F)c1. The molecule has 0 spiro atoms. The lowest BCUT2D eigenvalue weighted by Gasteiger charge is -2.08. The standard InChI is InChI=1S/C10H9BrF3NO/c1-6-2-7(11)4-8(3-6)15-9(16)5-10(12,13)14/h2-4H,5H2,1H3,(H,15,16). The third kappa shape index (κ3) is 4.65. The van der Waals surface area contributed by atoms with Crippen molar-refractivity contribution in [3.8, 4) is 0 Å². The number of benzene rings is 1. The number of hydrogen-bond acceptors (Lipinski definition) is 1. The van der Waals surface area contributed by atoms with E-state index >= 15 is 0 Å². The molecule has 1 N–H and O–H groups in total. The Morgan fingerprint density at radius 3 is 2.50 bits per heavy atom. The van der Waals surface area contributed by atoms with Gasteiger partial charge in [0.25, 0.3) is 0 Å². The van der Waals surface area contributed by atoms with Crippen molar-refractivity contribution in [1.29, 1.82) is 0 Å². The van der Waals surface area contributed by atoms with Crippen LogP contribution in [0.4, 0.5) is 18.9 Å². The Kier molecular flexibility index (Phi) is 3.96. The van der Waals surface area contributed by atoms with Gasteiger partial charge in [0.05, 0.1) is 0 Å². The van der Waals surface area contributed by atoms with Gasteiger partial charge in [-0.05, 0) is 30.7 Å². The Morgan fingerprint density at radius 1 is 1.38 bits per heavy atom. The zero-order valence-corrected chi connectivity index (χ0v) is 9.95. The molecular weight excluding hydrogens is 287 g/mol. The molecule has 1 aromatic carbocycles. The monoisotopic (exact) mass is 295 g/mol. The van der Waals surface area contributed by atoms with E-state index in [1.807, 2.05) is 0 Å². The molecule has 0 bridgehead atoms. The van der Waals surface area contributed by atoms with Crippen molar-refractivity contribution in [3.05, 3.63) is 28.2 Å². The summed E-state index contributed by atoms with van der Waals surface area (Å²) in [5.74, 6) is -1.06. The van der Waals surface area contributed by atoms with E-state index in [0.717, 1.165) is 5.56 Å². The van der Waals surface area contributed by atoms with Crippen LogP contribution in [0.25, 0.3) is 0 Å². The molecule has 0 radical (unpaired) electrons. The van der Waals surface area contributed by atoms with E-state index in [1.165, 1.54) is 0 Å². The van der Waals surface area contributed by atoms with E-state index in [4.69, 9.17) is 0 Å². The molecule has 0 heterocycles. The van der Waals surface area contributed by atoms with Gasteiger partial charge in [0.2, 0.25) is 5.91 Å². The average Bonchev–Trinajstić information content (AvgIpc) is 1.96. The molecule has 0 unspecified atom stereocenters. The summed E-state index contributed by atoms with van der Waals surface area (Å²) in [6.45, 7) is 1.78. The Morgan fingerprint density at radius 2 is 2.00 bits per heavy atom. The first-order valence-corrected chi connectivity index (χ1v) is 5.19. The molecule has 1 aromatic rings. The molecule has 0 aliphatic carbocycles. The molecule has 0 aliphatic rings. The smallest absolute Gasteiger partial charge is 0.326 e. The van der Waals surface area contributed by atoms with Crippen molar-refractivity contribution in [1.82, 2.24) is 0 Å². The second-order valence-electron chi connectivity index (χ2n) is 3.36. The number of alkyl halides is 3. The van der Waals surface area contributed by atoms with Crippen LogP contribution < -0.4 is 5.32 Å². The topological polar surface area (TPSA) is 29.1 Å². The molecular formula is C10H9BrF3NO. The van der Waals surface area contributed by atoms with Crippen molar-refractivity contribution >= 4 is 27.5 Å². The van der Waals surface area contributed by atoms with Crippen molar-refractivity contribution in [2.24, 2.45) is 0 Å². The normalized spacial score (nSPS) is 11.3. The second-order valence-corrected chi connectivity index (χ2v) is 4.27. The first-order chi connectivity index (χ1) is 7.26. The van der Waals surface area contributed by atoms with Crippen LogP contribution in [0.3, 0.4) is 0 Å². The average molecular weight is 296 g/mol. The lowest BCUT2D eigenvalue weighted by atomic mass is 10.2. The molecule has 16 heavy (non-hydrogen) atoms. The van der Waals surface area contributed by atoms with Crippen LogP contribution in [0.15, 0.2) is 22.7 Å². The van der Waals surface area contributed by atoms with Gasteiger partial charge in [-0.2, -0.15) is 13.2 Å². The molecule has 0 fully saturated rings. The minimum Gasteiger partial charge on any atom is -0.326 e. The quantitative estimate of drug-likeness (QED) is 0.886. The summed E-state index contributed by atoms with van der Waals surface area (Å²) in [6, 6.07) is 4.93. The predicted octanol–water partition coefficient (Wildman–Crippen LogP) is 3.65. The minimum atomic E-state index is -4.48. The Labute approximate surface area is 99.0 Å². The van der Waals surface area contributed by atoms with Crippen molar-refractivity contribution in [2.45, 2.75) is 19.5 Å². The lowest BCUT2D eigenvalue weighted by Crippen LogP contribution is -2.21. The van der Waals surface area contributed by atoms with Gasteiger partial charge in [-0.1, -0.05) is 15.9 Å². The van der Waals surface area contributed by atoms with Crippen LogP contribution >= 0.6 is 15.9 Å². The molecule has 2 nitrogen and oxygen atoms in total. The van der Waals surface area contributed by atoms with Crippen LogP contribution in [0.2, 0.25) is 0 Å². The fourth-order valence-electron chi connectivity index (χ4n) is 1.20. The number of hydrogen-bond donors (Lipinski definition) is 1. The van der Waals surface area contributed by atoms with Crippen molar-refractivity contribution in [3.63, 3.8) is 0 Å². The molecule has 0 aliphatic heterocycles. The number of nitrogens with one attached hydrogen (secondary N) is 1. The minimum absolute atomic E-state index is 0.348. The van der Waals surface area contributed by atoms with Crippen LogP contribution in [0.5, 0.6) is 0 Å². The highest BCUT2D eigenvalue weighted by atomic mass is 79.9.